The highest BCUT2D eigenvalue weighted by atomic mass is 16.4. The first-order valence-electron chi connectivity index (χ1n) is 8.99. The van der Waals surface area contributed by atoms with E-state index in [1.807, 2.05) is 31.2 Å². The van der Waals surface area contributed by atoms with Gasteiger partial charge in [0.05, 0.1) is 6.54 Å². The Morgan fingerprint density at radius 1 is 1.16 bits per heavy atom. The first-order valence-corrected chi connectivity index (χ1v) is 8.99. The Hall–Kier alpha value is -2.01. The van der Waals surface area contributed by atoms with Gasteiger partial charge in [-0.3, -0.25) is 9.69 Å². The van der Waals surface area contributed by atoms with Gasteiger partial charge < -0.3 is 4.42 Å². The predicted molar refractivity (Wildman–Crippen MR) is 96.5 cm³/mol. The van der Waals surface area contributed by atoms with Crippen LogP contribution in [0.2, 0.25) is 0 Å². The fourth-order valence-corrected chi connectivity index (χ4v) is 3.12. The first kappa shape index (κ1) is 17.8. The zero-order valence-electron chi connectivity index (χ0n) is 15.6. The summed E-state index contributed by atoms with van der Waals surface area (Å²) in [7, 11) is 0. The first-order chi connectivity index (χ1) is 11.8. The smallest absolute Gasteiger partial charge is 0.230 e. The van der Waals surface area contributed by atoms with Crippen LogP contribution in [-0.2, 0) is 12.0 Å². The molecule has 3 rings (SSSR count). The number of hydrogen-bond donors (Lipinski definition) is 0. The minimum atomic E-state index is -0.126. The van der Waals surface area contributed by atoms with E-state index in [1.54, 1.807) is 0 Å². The van der Waals surface area contributed by atoms with Crippen molar-refractivity contribution >= 4 is 5.78 Å². The minimum absolute atomic E-state index is 0.117. The van der Waals surface area contributed by atoms with E-state index in [9.17, 15) is 4.79 Å². The van der Waals surface area contributed by atoms with E-state index in [1.165, 1.54) is 5.56 Å². The number of hydrogen-bond acceptors (Lipinski definition) is 5. The van der Waals surface area contributed by atoms with Gasteiger partial charge in [0.15, 0.2) is 5.78 Å². The van der Waals surface area contributed by atoms with Gasteiger partial charge >= 0.3 is 0 Å². The van der Waals surface area contributed by atoms with Gasteiger partial charge in [-0.15, -0.1) is 10.2 Å². The van der Waals surface area contributed by atoms with Crippen LogP contribution in [0, 0.1) is 12.8 Å². The second kappa shape index (κ2) is 7.08. The molecule has 0 atom stereocenters. The Balaban J connectivity index is 1.54. The van der Waals surface area contributed by atoms with Crippen LogP contribution in [0.5, 0.6) is 0 Å². The molecule has 1 fully saturated rings. The van der Waals surface area contributed by atoms with Gasteiger partial charge in [-0.1, -0.05) is 50.6 Å². The zero-order chi connectivity index (χ0) is 18.0. The minimum Gasteiger partial charge on any atom is -0.423 e. The van der Waals surface area contributed by atoms with E-state index in [4.69, 9.17) is 4.42 Å². The SMILES string of the molecule is Cc1ccc(C(=O)C2CCN(Cc3nnc(C(C)(C)C)o3)CC2)cc1. The Morgan fingerprint density at radius 3 is 2.36 bits per heavy atom. The van der Waals surface area contributed by atoms with Crippen molar-refractivity contribution in [3.8, 4) is 0 Å². The van der Waals surface area contributed by atoms with Crippen molar-refractivity contribution in [2.45, 2.75) is 52.5 Å². The molecular formula is C20H27N3O2. The fraction of sp³-hybridized carbons (Fsp3) is 0.550. The molecule has 1 aliphatic heterocycles. The number of aromatic nitrogens is 2. The lowest BCUT2D eigenvalue weighted by atomic mass is 9.88. The summed E-state index contributed by atoms with van der Waals surface area (Å²) in [4.78, 5) is 14.9. The average molecular weight is 341 g/mol. The summed E-state index contributed by atoms with van der Waals surface area (Å²) in [6, 6.07) is 7.89. The lowest BCUT2D eigenvalue weighted by Crippen LogP contribution is -2.36. The molecule has 5 nitrogen and oxygen atoms in total. The molecule has 1 aromatic carbocycles. The lowest BCUT2D eigenvalue weighted by Gasteiger charge is -2.30. The van der Waals surface area contributed by atoms with Gasteiger partial charge in [-0.2, -0.15) is 0 Å². The van der Waals surface area contributed by atoms with Crippen LogP contribution in [0.3, 0.4) is 0 Å². The van der Waals surface area contributed by atoms with E-state index in [-0.39, 0.29) is 17.1 Å². The van der Waals surface area contributed by atoms with Gasteiger partial charge in [0.25, 0.3) is 0 Å². The molecule has 5 heteroatoms. The van der Waals surface area contributed by atoms with Crippen molar-refractivity contribution in [1.82, 2.24) is 15.1 Å². The van der Waals surface area contributed by atoms with Gasteiger partial charge in [0.2, 0.25) is 11.8 Å². The molecule has 0 unspecified atom stereocenters. The number of likely N-dealkylation sites (tertiary alicyclic amines) is 1. The molecule has 1 aromatic heterocycles. The van der Waals surface area contributed by atoms with Crippen molar-refractivity contribution in [2.75, 3.05) is 13.1 Å². The molecule has 0 aliphatic carbocycles. The summed E-state index contributed by atoms with van der Waals surface area (Å²) in [5, 5.41) is 8.31. The van der Waals surface area contributed by atoms with E-state index in [0.29, 0.717) is 18.3 Å². The number of nitrogens with zero attached hydrogens (tertiary/aromatic N) is 3. The maximum Gasteiger partial charge on any atom is 0.230 e. The highest BCUT2D eigenvalue weighted by Gasteiger charge is 2.27. The van der Waals surface area contributed by atoms with Gasteiger partial charge in [-0.25, -0.2) is 0 Å². The normalized spacial score (nSPS) is 17.0. The molecule has 134 valence electrons. The molecular weight excluding hydrogens is 314 g/mol. The van der Waals surface area contributed by atoms with Crippen LogP contribution in [0.1, 0.15) is 61.3 Å². The number of carbonyl (C=O) groups is 1. The maximum atomic E-state index is 12.6. The van der Waals surface area contributed by atoms with E-state index < -0.39 is 0 Å². The molecule has 2 heterocycles. The van der Waals surface area contributed by atoms with Crippen molar-refractivity contribution in [2.24, 2.45) is 5.92 Å². The monoisotopic (exact) mass is 341 g/mol. The third kappa shape index (κ3) is 4.34. The summed E-state index contributed by atoms with van der Waals surface area (Å²) < 4.78 is 5.77. The molecule has 1 saturated heterocycles. The van der Waals surface area contributed by atoms with Crippen molar-refractivity contribution < 1.29 is 9.21 Å². The zero-order valence-corrected chi connectivity index (χ0v) is 15.6. The molecule has 2 aromatic rings. The Labute approximate surface area is 149 Å². The van der Waals surface area contributed by atoms with Crippen molar-refractivity contribution in [3.05, 3.63) is 47.2 Å². The summed E-state index contributed by atoms with van der Waals surface area (Å²) >= 11 is 0. The quantitative estimate of drug-likeness (QED) is 0.792. The summed E-state index contributed by atoms with van der Waals surface area (Å²) in [6.07, 6.45) is 1.76. The number of aryl methyl sites for hydroxylation is 1. The highest BCUT2D eigenvalue weighted by molar-refractivity contribution is 5.97. The number of benzene rings is 1. The molecule has 0 radical (unpaired) electrons. The molecule has 0 saturated carbocycles. The summed E-state index contributed by atoms with van der Waals surface area (Å²) in [6.45, 7) is 10.7. The topological polar surface area (TPSA) is 59.2 Å². The van der Waals surface area contributed by atoms with Gasteiger partial charge in [-0.05, 0) is 32.9 Å². The van der Waals surface area contributed by atoms with Crippen LogP contribution < -0.4 is 0 Å². The second-order valence-electron chi connectivity index (χ2n) is 8.03. The van der Waals surface area contributed by atoms with E-state index in [0.717, 1.165) is 31.5 Å². The number of carbonyl (C=O) groups excluding carboxylic acids is 1. The van der Waals surface area contributed by atoms with Crippen LogP contribution in [0.25, 0.3) is 0 Å². The molecule has 0 bridgehead atoms. The van der Waals surface area contributed by atoms with Crippen LogP contribution in [0.15, 0.2) is 28.7 Å². The number of piperidine rings is 1. The summed E-state index contributed by atoms with van der Waals surface area (Å²) in [5.74, 6) is 1.72. The Bertz CT molecular complexity index is 720. The summed E-state index contributed by atoms with van der Waals surface area (Å²) in [5.41, 5.74) is 1.88. The Kier molecular flexibility index (Phi) is 5.04. The van der Waals surface area contributed by atoms with Gasteiger partial charge in [0, 0.05) is 16.9 Å². The maximum absolute atomic E-state index is 12.6. The fourth-order valence-electron chi connectivity index (χ4n) is 3.12. The third-order valence-corrected chi connectivity index (χ3v) is 4.76. The van der Waals surface area contributed by atoms with Crippen LogP contribution in [0.4, 0.5) is 0 Å². The molecule has 1 aliphatic rings. The van der Waals surface area contributed by atoms with Crippen molar-refractivity contribution in [1.29, 1.82) is 0 Å². The van der Waals surface area contributed by atoms with E-state index in [2.05, 4.69) is 35.9 Å². The molecule has 0 N–H and O–H groups in total. The third-order valence-electron chi connectivity index (χ3n) is 4.76. The standard InChI is InChI=1S/C20H27N3O2/c1-14-5-7-15(8-6-14)18(24)16-9-11-23(12-10-16)13-17-21-22-19(25-17)20(2,3)4/h5-8,16H,9-13H2,1-4H3. The largest absolute Gasteiger partial charge is 0.423 e. The Morgan fingerprint density at radius 2 is 1.80 bits per heavy atom. The molecule has 0 spiro atoms. The predicted octanol–water partition coefficient (Wildman–Crippen LogP) is 3.77. The number of Topliss-reactive ketones (excluding diaryl/α,β-unsaturated/α-hetero) is 1. The average Bonchev–Trinajstić information content (AvgIpc) is 3.04. The highest BCUT2D eigenvalue weighted by Crippen LogP contribution is 2.24. The van der Waals surface area contributed by atoms with Gasteiger partial charge in [0.1, 0.15) is 0 Å². The molecule has 0 amide bonds. The number of ketones is 1. The van der Waals surface area contributed by atoms with Crippen LogP contribution in [-0.4, -0.2) is 34.0 Å². The van der Waals surface area contributed by atoms with E-state index >= 15 is 0 Å². The molecule has 25 heavy (non-hydrogen) atoms. The number of rotatable bonds is 4. The lowest BCUT2D eigenvalue weighted by molar-refractivity contribution is 0.0826. The van der Waals surface area contributed by atoms with Crippen LogP contribution >= 0.6 is 0 Å². The second-order valence-corrected chi connectivity index (χ2v) is 8.03. The van der Waals surface area contributed by atoms with Crippen molar-refractivity contribution in [3.63, 3.8) is 0 Å².